The first-order valence-corrected chi connectivity index (χ1v) is 6.36. The van der Waals surface area contributed by atoms with Gasteiger partial charge in [0.2, 0.25) is 0 Å². The average molecular weight is 232 g/mol. The van der Waals surface area contributed by atoms with Crippen LogP contribution < -0.4 is 5.32 Å². The van der Waals surface area contributed by atoms with Gasteiger partial charge in [0, 0.05) is 18.3 Å². The second kappa shape index (κ2) is 6.40. The van der Waals surface area contributed by atoms with Crippen molar-refractivity contribution < 1.29 is 4.74 Å². The Morgan fingerprint density at radius 3 is 3.06 bits per heavy atom. The average Bonchev–Trinajstić information content (AvgIpc) is 2.40. The van der Waals surface area contributed by atoms with Crippen LogP contribution in [0.15, 0.2) is 36.2 Å². The van der Waals surface area contributed by atoms with Crippen LogP contribution in [0.4, 0.5) is 0 Å². The summed E-state index contributed by atoms with van der Waals surface area (Å²) in [6, 6.07) is 6.30. The predicted octanol–water partition coefficient (Wildman–Crippen LogP) is 2.30. The molecule has 1 aromatic heterocycles. The smallest absolute Gasteiger partial charge is 0.109 e. The number of aromatic nitrogens is 1. The molecule has 0 saturated heterocycles. The quantitative estimate of drug-likeness (QED) is 0.846. The van der Waals surface area contributed by atoms with Gasteiger partial charge in [-0.3, -0.25) is 4.98 Å². The van der Waals surface area contributed by atoms with Crippen molar-refractivity contribution in [3.05, 3.63) is 41.9 Å². The zero-order chi connectivity index (χ0) is 11.9. The van der Waals surface area contributed by atoms with Crippen LogP contribution in [0.25, 0.3) is 0 Å². The van der Waals surface area contributed by atoms with Gasteiger partial charge in [0.25, 0.3) is 0 Å². The van der Waals surface area contributed by atoms with Crippen molar-refractivity contribution in [1.82, 2.24) is 10.3 Å². The third-order valence-electron chi connectivity index (χ3n) is 2.90. The van der Waals surface area contributed by atoms with E-state index in [9.17, 15) is 0 Å². The molecule has 0 aliphatic carbocycles. The molecule has 3 heteroatoms. The van der Waals surface area contributed by atoms with Crippen LogP contribution in [0.3, 0.4) is 0 Å². The van der Waals surface area contributed by atoms with Crippen molar-refractivity contribution in [2.24, 2.45) is 0 Å². The van der Waals surface area contributed by atoms with Gasteiger partial charge in [-0.25, -0.2) is 0 Å². The van der Waals surface area contributed by atoms with E-state index in [-0.39, 0.29) is 6.04 Å². The van der Waals surface area contributed by atoms with Crippen molar-refractivity contribution in [3.63, 3.8) is 0 Å². The number of nitrogens with one attached hydrogen (secondary N) is 1. The van der Waals surface area contributed by atoms with Gasteiger partial charge in [0.1, 0.15) is 5.76 Å². The number of hydrogen-bond acceptors (Lipinski definition) is 3. The molecule has 92 valence electrons. The molecular weight excluding hydrogens is 212 g/mol. The number of ether oxygens (including phenoxy) is 1. The van der Waals surface area contributed by atoms with E-state index in [1.165, 1.54) is 0 Å². The molecule has 0 bridgehead atoms. The van der Waals surface area contributed by atoms with Gasteiger partial charge < -0.3 is 10.1 Å². The lowest BCUT2D eigenvalue weighted by Crippen LogP contribution is -2.35. The minimum absolute atomic E-state index is 0.259. The highest BCUT2D eigenvalue weighted by Crippen LogP contribution is 2.16. The van der Waals surface area contributed by atoms with Crippen molar-refractivity contribution in [3.8, 4) is 0 Å². The first kappa shape index (κ1) is 12.1. The van der Waals surface area contributed by atoms with Gasteiger partial charge in [0.15, 0.2) is 0 Å². The maximum absolute atomic E-state index is 5.74. The van der Waals surface area contributed by atoms with E-state index in [1.54, 1.807) is 0 Å². The molecule has 0 aromatic carbocycles. The summed E-state index contributed by atoms with van der Waals surface area (Å²) in [5.41, 5.74) is 1.11. The summed E-state index contributed by atoms with van der Waals surface area (Å²) in [6.07, 6.45) is 7.19. The zero-order valence-corrected chi connectivity index (χ0v) is 10.4. The molecule has 3 nitrogen and oxygen atoms in total. The van der Waals surface area contributed by atoms with E-state index in [4.69, 9.17) is 4.74 Å². The van der Waals surface area contributed by atoms with Crippen LogP contribution in [-0.4, -0.2) is 24.2 Å². The first-order valence-electron chi connectivity index (χ1n) is 6.36. The third-order valence-corrected chi connectivity index (χ3v) is 2.90. The lowest BCUT2D eigenvalue weighted by molar-refractivity contribution is 0.167. The first-order chi connectivity index (χ1) is 8.40. The molecule has 1 N–H and O–H groups in total. The summed E-state index contributed by atoms with van der Waals surface area (Å²) in [5, 5.41) is 3.47. The second-order valence-electron chi connectivity index (χ2n) is 4.23. The van der Waals surface area contributed by atoms with E-state index in [0.29, 0.717) is 0 Å². The van der Waals surface area contributed by atoms with Gasteiger partial charge in [-0.05, 0) is 37.6 Å². The normalized spacial score (nSPS) is 17.1. The fourth-order valence-corrected chi connectivity index (χ4v) is 2.07. The largest absolute Gasteiger partial charge is 0.497 e. The van der Waals surface area contributed by atoms with E-state index >= 15 is 0 Å². The number of rotatable bonds is 5. The number of pyridine rings is 1. The van der Waals surface area contributed by atoms with E-state index < -0.39 is 0 Å². The van der Waals surface area contributed by atoms with Crippen molar-refractivity contribution in [2.45, 2.75) is 32.2 Å². The Balaban J connectivity index is 2.04. The molecule has 0 spiro atoms. The van der Waals surface area contributed by atoms with Crippen molar-refractivity contribution in [2.75, 3.05) is 13.2 Å². The topological polar surface area (TPSA) is 34.2 Å². The van der Waals surface area contributed by atoms with Crippen molar-refractivity contribution >= 4 is 0 Å². The minimum Gasteiger partial charge on any atom is -0.497 e. The van der Waals surface area contributed by atoms with E-state index in [0.717, 1.165) is 43.9 Å². The molecule has 17 heavy (non-hydrogen) atoms. The second-order valence-corrected chi connectivity index (χ2v) is 4.23. The molecule has 0 radical (unpaired) electrons. The van der Waals surface area contributed by atoms with Crippen LogP contribution in [0.5, 0.6) is 0 Å². The monoisotopic (exact) mass is 232 g/mol. The van der Waals surface area contributed by atoms with Crippen LogP contribution in [0.1, 0.15) is 25.5 Å². The molecule has 0 fully saturated rings. The van der Waals surface area contributed by atoms with Crippen LogP contribution in [-0.2, 0) is 11.2 Å². The Hall–Kier alpha value is -1.35. The fraction of sp³-hybridized carbons (Fsp3) is 0.500. The maximum Gasteiger partial charge on any atom is 0.109 e. The highest BCUT2D eigenvalue weighted by Gasteiger charge is 2.17. The molecule has 1 atom stereocenters. The summed E-state index contributed by atoms with van der Waals surface area (Å²) in [4.78, 5) is 4.37. The summed E-state index contributed by atoms with van der Waals surface area (Å²) in [5.74, 6) is 1.09. The molecule has 0 saturated carbocycles. The Labute approximate surface area is 103 Å². The molecule has 1 aliphatic rings. The molecule has 1 aromatic rings. The lowest BCUT2D eigenvalue weighted by Gasteiger charge is -2.24. The third kappa shape index (κ3) is 3.56. The summed E-state index contributed by atoms with van der Waals surface area (Å²) in [7, 11) is 0. The van der Waals surface area contributed by atoms with Crippen LogP contribution in [0, 0.1) is 0 Å². The van der Waals surface area contributed by atoms with Crippen LogP contribution in [0.2, 0.25) is 0 Å². The highest BCUT2D eigenvalue weighted by atomic mass is 16.5. The summed E-state index contributed by atoms with van der Waals surface area (Å²) in [6.45, 7) is 3.91. The summed E-state index contributed by atoms with van der Waals surface area (Å²) < 4.78 is 5.74. The van der Waals surface area contributed by atoms with E-state index in [1.807, 2.05) is 18.3 Å². The molecule has 0 amide bonds. The number of nitrogens with zero attached hydrogens (tertiary/aromatic N) is 1. The number of allylic oxidation sites excluding steroid dienone is 1. The van der Waals surface area contributed by atoms with Gasteiger partial charge in [0.05, 0.1) is 12.6 Å². The van der Waals surface area contributed by atoms with E-state index in [2.05, 4.69) is 29.4 Å². The molecule has 2 heterocycles. The minimum atomic E-state index is 0.259. The standard InChI is InChI=1S/C14H20N2O/c1-2-15-13(14-8-4-6-10-17-14)11-12-7-3-5-9-16-12/h3,5,7-9,13,15H,2,4,6,10-11H2,1H3. The van der Waals surface area contributed by atoms with Crippen molar-refractivity contribution in [1.29, 1.82) is 0 Å². The van der Waals surface area contributed by atoms with Gasteiger partial charge in [-0.2, -0.15) is 0 Å². The Morgan fingerprint density at radius 1 is 1.47 bits per heavy atom. The zero-order valence-electron chi connectivity index (χ0n) is 10.4. The van der Waals surface area contributed by atoms with Crippen LogP contribution >= 0.6 is 0 Å². The fourth-order valence-electron chi connectivity index (χ4n) is 2.07. The number of hydrogen-bond donors (Lipinski definition) is 1. The highest BCUT2D eigenvalue weighted by molar-refractivity contribution is 5.13. The van der Waals surface area contributed by atoms with Gasteiger partial charge in [-0.1, -0.05) is 13.0 Å². The SMILES string of the molecule is CCNC(Cc1ccccn1)C1=CCCCO1. The number of likely N-dealkylation sites (N-methyl/N-ethyl adjacent to an activating group) is 1. The Bertz CT molecular complexity index is 362. The lowest BCUT2D eigenvalue weighted by atomic mass is 10.1. The molecule has 1 unspecified atom stereocenters. The van der Waals surface area contributed by atoms with Gasteiger partial charge in [-0.15, -0.1) is 0 Å². The molecule has 2 rings (SSSR count). The molecule has 1 aliphatic heterocycles. The Morgan fingerprint density at radius 2 is 2.41 bits per heavy atom. The van der Waals surface area contributed by atoms with Gasteiger partial charge >= 0.3 is 0 Å². The summed E-state index contributed by atoms with van der Waals surface area (Å²) >= 11 is 0. The maximum atomic E-state index is 5.74. The predicted molar refractivity (Wildman–Crippen MR) is 68.7 cm³/mol. The Kier molecular flexibility index (Phi) is 4.56. The molecular formula is C14H20N2O.